The topological polar surface area (TPSA) is 169 Å². The van der Waals surface area contributed by atoms with Gasteiger partial charge in [0.15, 0.2) is 11.4 Å². The highest BCUT2D eigenvalue weighted by Gasteiger charge is 2.48. The minimum atomic E-state index is -3.94. The average molecular weight is 568 g/mol. The third-order valence-corrected chi connectivity index (χ3v) is 8.25. The maximum absolute atomic E-state index is 13.8. The number of amidine groups is 1. The molecule has 0 radical (unpaired) electrons. The van der Waals surface area contributed by atoms with Gasteiger partial charge in [-0.2, -0.15) is 0 Å². The smallest absolute Gasteiger partial charge is 0.229 e. The molecule has 10 nitrogen and oxygen atoms in total. The van der Waals surface area contributed by atoms with Gasteiger partial charge in [-0.3, -0.25) is 18.6 Å². The van der Waals surface area contributed by atoms with Crippen LogP contribution in [-0.2, 0) is 20.4 Å². The van der Waals surface area contributed by atoms with E-state index in [9.17, 15) is 32.5 Å². The molecule has 12 heteroatoms. The number of nitrogens with zero attached hydrogens (tertiary/aromatic N) is 1. The molecule has 0 bridgehead atoms. The zero-order valence-corrected chi connectivity index (χ0v) is 22.2. The van der Waals surface area contributed by atoms with Crippen molar-refractivity contribution in [2.24, 2.45) is 4.40 Å². The van der Waals surface area contributed by atoms with E-state index in [-0.39, 0.29) is 39.7 Å². The van der Waals surface area contributed by atoms with Crippen LogP contribution in [0.5, 0.6) is 0 Å². The molecular weight excluding hydrogens is 542 g/mol. The number of Topliss-reactive ketones (excluding diaryl/α,β-unsaturated/α-hetero) is 1. The summed E-state index contributed by atoms with van der Waals surface area (Å²) in [6.07, 6.45) is 4.24. The quantitative estimate of drug-likeness (QED) is 0.248. The number of benzene rings is 3. The molecule has 0 saturated carbocycles. The van der Waals surface area contributed by atoms with E-state index >= 15 is 0 Å². The van der Waals surface area contributed by atoms with Crippen LogP contribution < -0.4 is 10.0 Å². The van der Waals surface area contributed by atoms with Gasteiger partial charge in [0.05, 0.1) is 17.6 Å². The van der Waals surface area contributed by atoms with E-state index in [2.05, 4.69) is 14.4 Å². The second kappa shape index (κ2) is 9.67. The molecule has 2 aliphatic rings. The highest BCUT2D eigenvalue weighted by Crippen LogP contribution is 2.57. The summed E-state index contributed by atoms with van der Waals surface area (Å²) in [6, 6.07) is 19.7. The minimum Gasteiger partial charge on any atom is -0.506 e. The molecule has 3 aromatic carbocycles. The van der Waals surface area contributed by atoms with E-state index in [0.717, 1.165) is 11.8 Å². The van der Waals surface area contributed by atoms with Crippen LogP contribution in [0.3, 0.4) is 0 Å². The number of hydrogen-bond donors (Lipinski definition) is 6. The summed E-state index contributed by atoms with van der Waals surface area (Å²) in [5, 5.41) is 25.7. The third kappa shape index (κ3) is 5.07. The van der Waals surface area contributed by atoms with Gasteiger partial charge < -0.3 is 15.5 Å². The van der Waals surface area contributed by atoms with Crippen molar-refractivity contribution in [1.29, 1.82) is 0 Å². The van der Waals surface area contributed by atoms with Gasteiger partial charge in [-0.05, 0) is 23.8 Å². The molecule has 3 aromatic rings. The fraction of sp³-hybridized carbons (Fsp3) is 0.111. The predicted octanol–water partition coefficient (Wildman–Crippen LogP) is 4.75. The molecule has 202 valence electrons. The molecule has 1 aliphatic carbocycles. The van der Waals surface area contributed by atoms with Crippen LogP contribution in [0.15, 0.2) is 93.7 Å². The summed E-state index contributed by atoms with van der Waals surface area (Å²) in [6.45, 7) is 0. The van der Waals surface area contributed by atoms with Crippen LogP contribution in [0, 0.1) is 0 Å². The van der Waals surface area contributed by atoms with Gasteiger partial charge >= 0.3 is 0 Å². The number of fused-ring (bicyclic) bond motifs is 2. The minimum absolute atomic E-state index is 0.0842. The predicted molar refractivity (Wildman–Crippen MR) is 152 cm³/mol. The summed E-state index contributed by atoms with van der Waals surface area (Å²) in [4.78, 5) is 13.7. The number of anilines is 2. The molecule has 39 heavy (non-hydrogen) atoms. The van der Waals surface area contributed by atoms with Gasteiger partial charge in [-0.25, -0.2) is 8.42 Å². The standard InChI is InChI=1S/C27H25N3O7S2/c1-38(34,35)29-18-13-14-21-22(16-18)39(36,37)30-26(28-21)23-24(31)19-11-5-6-12-20(19)27(33,25(23)32)15-7-10-17-8-3-2-4-9-17/h2-14,16,29,31,33,36-37H,15H2,1H3,(H,28,30)/b10-7+. The lowest BCUT2D eigenvalue weighted by atomic mass is 9.75. The summed E-state index contributed by atoms with van der Waals surface area (Å²) < 4.78 is 51.1. The summed E-state index contributed by atoms with van der Waals surface area (Å²) in [5.74, 6) is -1.70. The molecule has 1 aliphatic heterocycles. The Hall–Kier alpha value is -3.94. The summed E-state index contributed by atoms with van der Waals surface area (Å²) in [7, 11) is -7.56. The molecular formula is C27H25N3O7S2. The number of carbonyl (C=O) groups excluding carboxylic acids is 1. The van der Waals surface area contributed by atoms with E-state index in [0.29, 0.717) is 0 Å². The fourth-order valence-corrected chi connectivity index (χ4v) is 6.28. The van der Waals surface area contributed by atoms with Gasteiger partial charge in [-0.15, -0.1) is 4.40 Å². The van der Waals surface area contributed by atoms with Crippen molar-refractivity contribution >= 4 is 55.6 Å². The van der Waals surface area contributed by atoms with E-state index in [4.69, 9.17) is 0 Å². The SMILES string of the molecule is CS(=O)(=O)Nc1ccc2c(c1)S(O)(O)N=C(C1=C(O)c3ccccc3C(O)(C/C=C/c3ccccc3)C1=O)N2. The lowest BCUT2D eigenvalue weighted by Gasteiger charge is -2.38. The molecule has 0 spiro atoms. The molecule has 5 rings (SSSR count). The average Bonchev–Trinajstić information content (AvgIpc) is 2.88. The fourth-order valence-electron chi connectivity index (χ4n) is 4.54. The largest absolute Gasteiger partial charge is 0.506 e. The molecule has 0 aromatic heterocycles. The zero-order chi connectivity index (χ0) is 28.0. The van der Waals surface area contributed by atoms with E-state index in [1.807, 2.05) is 30.3 Å². The lowest BCUT2D eigenvalue weighted by molar-refractivity contribution is -0.133. The first-order valence-corrected chi connectivity index (χ1v) is 15.1. The second-order valence-electron chi connectivity index (χ2n) is 9.14. The van der Waals surface area contributed by atoms with E-state index < -0.39 is 43.5 Å². The number of ketones is 1. The van der Waals surface area contributed by atoms with Crippen molar-refractivity contribution in [2.75, 3.05) is 16.3 Å². The van der Waals surface area contributed by atoms with Crippen LogP contribution in [0.4, 0.5) is 11.4 Å². The first-order chi connectivity index (χ1) is 18.4. The Bertz CT molecular complexity index is 1680. The molecule has 1 heterocycles. The number of nitrogens with one attached hydrogen (secondary N) is 2. The number of carbonyl (C=O) groups is 1. The molecule has 1 atom stereocenters. The molecule has 1 unspecified atom stereocenters. The van der Waals surface area contributed by atoms with Gasteiger partial charge in [-0.1, -0.05) is 77.5 Å². The Morgan fingerprint density at radius 3 is 2.46 bits per heavy atom. The van der Waals surface area contributed by atoms with E-state index in [1.165, 1.54) is 18.2 Å². The normalized spacial score (nSPS) is 21.0. The van der Waals surface area contributed by atoms with Crippen LogP contribution in [-0.4, -0.2) is 45.6 Å². The number of sulfonamides is 1. The summed E-state index contributed by atoms with van der Waals surface area (Å²) in [5.41, 5.74) is -1.01. The monoisotopic (exact) mass is 567 g/mol. The Morgan fingerprint density at radius 2 is 1.74 bits per heavy atom. The van der Waals surface area contributed by atoms with Crippen molar-refractivity contribution in [3.05, 3.63) is 101 Å². The van der Waals surface area contributed by atoms with Gasteiger partial charge in [0, 0.05) is 17.5 Å². The first-order valence-electron chi connectivity index (χ1n) is 11.7. The maximum atomic E-state index is 13.8. The Morgan fingerprint density at radius 1 is 1.05 bits per heavy atom. The Balaban J connectivity index is 1.56. The molecule has 6 N–H and O–H groups in total. The summed E-state index contributed by atoms with van der Waals surface area (Å²) >= 11 is 0. The number of aliphatic hydroxyl groups excluding tert-OH is 1. The van der Waals surface area contributed by atoms with Gasteiger partial charge in [0.1, 0.15) is 16.2 Å². The highest BCUT2D eigenvalue weighted by atomic mass is 32.3. The van der Waals surface area contributed by atoms with Crippen molar-refractivity contribution < 1.29 is 32.5 Å². The van der Waals surface area contributed by atoms with Crippen molar-refractivity contribution in [3.8, 4) is 0 Å². The molecule has 0 amide bonds. The van der Waals surface area contributed by atoms with Gasteiger partial charge in [0.2, 0.25) is 15.8 Å². The first kappa shape index (κ1) is 26.7. The van der Waals surface area contributed by atoms with Gasteiger partial charge in [0.25, 0.3) is 0 Å². The van der Waals surface area contributed by atoms with Crippen molar-refractivity contribution in [3.63, 3.8) is 0 Å². The van der Waals surface area contributed by atoms with Crippen molar-refractivity contribution in [2.45, 2.75) is 16.9 Å². The van der Waals surface area contributed by atoms with Crippen LogP contribution in [0.1, 0.15) is 23.1 Å². The Labute approximate surface area is 226 Å². The second-order valence-corrected chi connectivity index (χ2v) is 12.6. The van der Waals surface area contributed by atoms with E-state index in [1.54, 1.807) is 36.4 Å². The Kier molecular flexibility index (Phi) is 6.61. The molecule has 0 fully saturated rings. The molecule has 0 saturated heterocycles. The number of hydrogen-bond acceptors (Lipinski definition) is 9. The highest BCUT2D eigenvalue weighted by molar-refractivity contribution is 8.23. The maximum Gasteiger partial charge on any atom is 0.229 e. The zero-order valence-electron chi connectivity index (χ0n) is 20.6. The van der Waals surface area contributed by atoms with Crippen LogP contribution in [0.2, 0.25) is 0 Å². The van der Waals surface area contributed by atoms with Crippen molar-refractivity contribution in [1.82, 2.24) is 0 Å². The number of rotatable bonds is 6. The lowest BCUT2D eigenvalue weighted by Crippen LogP contribution is -2.43. The third-order valence-electron chi connectivity index (χ3n) is 6.28. The van der Waals surface area contributed by atoms with Crippen LogP contribution >= 0.6 is 10.8 Å². The number of aliphatic hydroxyl groups is 2. The van der Waals surface area contributed by atoms with Crippen LogP contribution in [0.25, 0.3) is 11.8 Å².